The second-order valence-corrected chi connectivity index (χ2v) is 7.19. The van der Waals surface area contributed by atoms with Gasteiger partial charge < -0.3 is 10.1 Å². The van der Waals surface area contributed by atoms with Gasteiger partial charge in [-0.3, -0.25) is 0 Å². The van der Waals surface area contributed by atoms with Gasteiger partial charge in [-0.1, -0.05) is 60.2 Å². The minimum absolute atomic E-state index is 0. The number of fused-ring (bicyclic) bond motifs is 1. The summed E-state index contributed by atoms with van der Waals surface area (Å²) in [6, 6.07) is 18.8. The summed E-state index contributed by atoms with van der Waals surface area (Å²) in [6.07, 6.45) is 5.07. The first kappa shape index (κ1) is 20.2. The number of nitrogens with zero attached hydrogens (tertiary/aromatic N) is 3. The summed E-state index contributed by atoms with van der Waals surface area (Å²) in [5, 5.41) is 12.4. The van der Waals surface area contributed by atoms with Crippen LogP contribution in [0.2, 0.25) is 0 Å². The van der Waals surface area contributed by atoms with Gasteiger partial charge in [-0.15, -0.1) is 12.4 Å². The maximum atomic E-state index is 12.4. The van der Waals surface area contributed by atoms with Gasteiger partial charge in [0.15, 0.2) is 5.69 Å². The highest BCUT2D eigenvalue weighted by Crippen LogP contribution is 2.24. The molecule has 1 aliphatic heterocycles. The number of aryl methyl sites for hydroxylation is 1. The molecule has 0 unspecified atom stereocenters. The number of hydrogen-bond acceptors (Lipinski definition) is 2. The molecule has 2 aromatic carbocycles. The van der Waals surface area contributed by atoms with Crippen LogP contribution < -0.4 is 9.67 Å². The summed E-state index contributed by atoms with van der Waals surface area (Å²) in [5.74, 6) is 1.18. The number of halogens is 1. The first-order valence-electron chi connectivity index (χ1n) is 9.64. The molecule has 2 heterocycles. The van der Waals surface area contributed by atoms with Gasteiger partial charge in [-0.25, -0.2) is 9.13 Å². The number of rotatable bonds is 6. The Morgan fingerprint density at radius 1 is 1.11 bits per heavy atom. The van der Waals surface area contributed by atoms with Gasteiger partial charge in [-0.2, -0.15) is 0 Å². The average molecular weight is 396 g/mol. The van der Waals surface area contributed by atoms with E-state index in [0.717, 1.165) is 25.8 Å². The zero-order valence-corrected chi connectivity index (χ0v) is 17.0. The molecule has 0 amide bonds. The van der Waals surface area contributed by atoms with Crippen LogP contribution in [0.25, 0.3) is 11.3 Å². The van der Waals surface area contributed by atoms with Gasteiger partial charge >= 0.3 is 0 Å². The van der Waals surface area contributed by atoms with Crippen LogP contribution >= 0.6 is 12.4 Å². The molecular weight excluding hydrogens is 370 g/mol. The second-order valence-electron chi connectivity index (χ2n) is 7.19. The molecule has 5 heteroatoms. The van der Waals surface area contributed by atoms with Crippen LogP contribution in [0.3, 0.4) is 0 Å². The molecule has 0 fully saturated rings. The molecule has 0 spiro atoms. The van der Waals surface area contributed by atoms with Crippen molar-refractivity contribution < 1.29 is 9.67 Å². The summed E-state index contributed by atoms with van der Waals surface area (Å²) in [7, 11) is 0. The summed E-state index contributed by atoms with van der Waals surface area (Å²) in [6.45, 7) is 3.99. The maximum absolute atomic E-state index is 12.4. The molecule has 28 heavy (non-hydrogen) atoms. The normalized spacial score (nSPS) is 13.2. The second kappa shape index (κ2) is 9.07. The van der Waals surface area contributed by atoms with Crippen LogP contribution in [-0.4, -0.2) is 17.0 Å². The molecule has 1 aromatic heterocycles. The Hall–Kier alpha value is -2.59. The van der Waals surface area contributed by atoms with E-state index in [2.05, 4.69) is 63.6 Å². The molecule has 0 radical (unpaired) electrons. The predicted octanol–water partition coefficient (Wildman–Crippen LogP) is 3.12. The van der Waals surface area contributed by atoms with Gasteiger partial charge in [0, 0.05) is 18.0 Å². The standard InChI is InChI=1S/C23H25N3O.ClH/c1-18-9-11-20(12-10-18)21-16-25(23-8-5-15-26(21)23)17-22(27)24-14-13-19-6-3-2-4-7-19;/h2-4,6-7,9-12,16H,5,8,13-15,17H2,1H3;1H. The lowest BCUT2D eigenvalue weighted by Crippen LogP contribution is -2.44. The van der Waals surface area contributed by atoms with Crippen molar-refractivity contribution in [1.82, 2.24) is 4.57 Å². The summed E-state index contributed by atoms with van der Waals surface area (Å²) in [5.41, 5.74) is 4.87. The molecule has 0 aliphatic carbocycles. The van der Waals surface area contributed by atoms with Crippen molar-refractivity contribution in [3.05, 3.63) is 77.7 Å². The molecule has 4 rings (SSSR count). The Bertz CT molecular complexity index is 946. The third-order valence-electron chi connectivity index (χ3n) is 5.18. The lowest BCUT2D eigenvalue weighted by atomic mass is 10.1. The molecule has 0 N–H and O–H groups in total. The third kappa shape index (κ3) is 4.45. The molecule has 146 valence electrons. The van der Waals surface area contributed by atoms with Crippen LogP contribution in [-0.2, 0) is 25.9 Å². The zero-order valence-electron chi connectivity index (χ0n) is 16.2. The molecule has 0 saturated carbocycles. The van der Waals surface area contributed by atoms with Crippen LogP contribution in [0.1, 0.15) is 23.4 Å². The van der Waals surface area contributed by atoms with Crippen molar-refractivity contribution in [2.45, 2.75) is 39.3 Å². The van der Waals surface area contributed by atoms with Gasteiger partial charge in [-0.05, 0) is 25.3 Å². The lowest BCUT2D eigenvalue weighted by Gasteiger charge is -2.09. The Morgan fingerprint density at radius 2 is 1.86 bits per heavy atom. The van der Waals surface area contributed by atoms with Gasteiger partial charge in [0.25, 0.3) is 5.82 Å². The summed E-state index contributed by atoms with van der Waals surface area (Å²) >= 11 is 0. The van der Waals surface area contributed by atoms with E-state index in [1.165, 1.54) is 28.2 Å². The highest BCUT2D eigenvalue weighted by atomic mass is 35.5. The minimum Gasteiger partial charge on any atom is -0.859 e. The number of aliphatic imine (C=N–C) groups is 1. The van der Waals surface area contributed by atoms with E-state index in [9.17, 15) is 5.11 Å². The number of aromatic nitrogens is 2. The fourth-order valence-corrected chi connectivity index (χ4v) is 3.75. The molecule has 4 nitrogen and oxygen atoms in total. The Morgan fingerprint density at radius 3 is 2.61 bits per heavy atom. The van der Waals surface area contributed by atoms with E-state index in [-0.39, 0.29) is 18.3 Å². The quantitative estimate of drug-likeness (QED) is 0.359. The van der Waals surface area contributed by atoms with Gasteiger partial charge in [0.2, 0.25) is 0 Å². The lowest BCUT2D eigenvalue weighted by molar-refractivity contribution is -0.693. The predicted molar refractivity (Wildman–Crippen MR) is 113 cm³/mol. The Labute approximate surface area is 172 Å². The fraction of sp³-hybridized carbons (Fsp3) is 0.304. The largest absolute Gasteiger partial charge is 0.859 e. The molecular formula is C23H26ClN3O. The molecule has 0 saturated heterocycles. The average Bonchev–Trinajstić information content (AvgIpc) is 3.27. The summed E-state index contributed by atoms with van der Waals surface area (Å²) in [4.78, 5) is 4.26. The molecule has 3 aromatic rings. The topological polar surface area (TPSA) is 44.2 Å². The third-order valence-corrected chi connectivity index (χ3v) is 5.18. The number of hydrogen-bond donors (Lipinski definition) is 0. The summed E-state index contributed by atoms with van der Waals surface area (Å²) < 4.78 is 4.44. The first-order chi connectivity index (χ1) is 13.2. The molecule has 0 bridgehead atoms. The van der Waals surface area contributed by atoms with Gasteiger partial charge in [0.1, 0.15) is 12.7 Å². The van der Waals surface area contributed by atoms with Crippen LogP contribution in [0.5, 0.6) is 0 Å². The van der Waals surface area contributed by atoms with E-state index in [0.29, 0.717) is 13.1 Å². The van der Waals surface area contributed by atoms with E-state index >= 15 is 0 Å². The monoisotopic (exact) mass is 395 g/mol. The van der Waals surface area contributed by atoms with Crippen molar-refractivity contribution in [3.8, 4) is 11.3 Å². The van der Waals surface area contributed by atoms with Crippen molar-refractivity contribution in [2.24, 2.45) is 4.99 Å². The minimum atomic E-state index is -0.0494. The van der Waals surface area contributed by atoms with E-state index in [1.54, 1.807) is 0 Å². The SMILES string of the molecule is Cc1ccc(-c2c[n+](CC([O-])=NCCc3ccccc3)c3n2CCC3)cc1.Cl. The van der Waals surface area contributed by atoms with E-state index in [1.807, 2.05) is 18.2 Å². The highest BCUT2D eigenvalue weighted by molar-refractivity contribution is 5.85. The van der Waals surface area contributed by atoms with E-state index < -0.39 is 0 Å². The van der Waals surface area contributed by atoms with Crippen LogP contribution in [0.4, 0.5) is 0 Å². The van der Waals surface area contributed by atoms with Gasteiger partial charge in [0.05, 0.1) is 13.0 Å². The highest BCUT2D eigenvalue weighted by Gasteiger charge is 2.28. The van der Waals surface area contributed by atoms with Crippen molar-refractivity contribution in [1.29, 1.82) is 0 Å². The van der Waals surface area contributed by atoms with Crippen LogP contribution in [0, 0.1) is 6.92 Å². The Balaban J connectivity index is 0.00000225. The smallest absolute Gasteiger partial charge is 0.257 e. The van der Waals surface area contributed by atoms with Crippen molar-refractivity contribution >= 4 is 18.3 Å². The van der Waals surface area contributed by atoms with Crippen molar-refractivity contribution in [3.63, 3.8) is 0 Å². The zero-order chi connectivity index (χ0) is 18.6. The fourth-order valence-electron chi connectivity index (χ4n) is 3.75. The molecule has 1 aliphatic rings. The number of benzene rings is 2. The van der Waals surface area contributed by atoms with Crippen LogP contribution in [0.15, 0.2) is 65.8 Å². The first-order valence-corrected chi connectivity index (χ1v) is 9.64. The maximum Gasteiger partial charge on any atom is 0.257 e. The van der Waals surface area contributed by atoms with E-state index in [4.69, 9.17) is 0 Å². The Kier molecular flexibility index (Phi) is 6.53. The molecule has 0 atom stereocenters. The number of imidazole rings is 1. The van der Waals surface area contributed by atoms with Crippen molar-refractivity contribution in [2.75, 3.05) is 6.54 Å².